The molecular formula is C17H21BrN4O4S. The number of nitrogens with zero attached hydrogens (tertiary/aromatic N) is 2. The third kappa shape index (κ3) is 7.81. The maximum atomic E-state index is 12.3. The van der Waals surface area contributed by atoms with Crippen LogP contribution in [0, 0.1) is 0 Å². The first-order valence-corrected chi connectivity index (χ1v) is 10.0. The molecule has 2 rings (SSSR count). The molecule has 8 nitrogen and oxygen atoms in total. The molecule has 0 aliphatic heterocycles. The van der Waals surface area contributed by atoms with Crippen LogP contribution in [0.4, 0.5) is 11.5 Å². The van der Waals surface area contributed by atoms with Gasteiger partial charge in [-0.05, 0) is 45.7 Å². The molecule has 0 atom stereocenters. The number of hydrogen-bond acceptors (Lipinski definition) is 8. The predicted molar refractivity (Wildman–Crippen MR) is 108 cm³/mol. The lowest BCUT2D eigenvalue weighted by Gasteiger charge is -2.09. The van der Waals surface area contributed by atoms with E-state index < -0.39 is 5.91 Å². The number of carbonyl (C=O) groups is 1. The summed E-state index contributed by atoms with van der Waals surface area (Å²) in [5.74, 6) is -0.363. The molecule has 1 aromatic heterocycles. The highest BCUT2D eigenvalue weighted by Gasteiger charge is 2.13. The minimum absolute atomic E-state index is 0.0635. The number of nitrogen functional groups attached to an aromatic ring is 1. The second kappa shape index (κ2) is 11.9. The average molecular weight is 457 g/mol. The van der Waals surface area contributed by atoms with Crippen molar-refractivity contribution in [3.63, 3.8) is 0 Å². The van der Waals surface area contributed by atoms with Crippen LogP contribution in [0.15, 0.2) is 35.1 Å². The van der Waals surface area contributed by atoms with E-state index in [1.54, 1.807) is 6.07 Å². The lowest BCUT2D eigenvalue weighted by Crippen LogP contribution is -2.17. The highest BCUT2D eigenvalue weighted by Crippen LogP contribution is 2.15. The number of halogens is 1. The second-order valence-electron chi connectivity index (χ2n) is 5.23. The van der Waals surface area contributed by atoms with E-state index in [0.29, 0.717) is 43.3 Å². The van der Waals surface area contributed by atoms with Gasteiger partial charge in [-0.15, -0.1) is 0 Å². The lowest BCUT2D eigenvalue weighted by atomic mass is 10.2. The standard InChI is InChI=1S/C17H21BrN4O4S/c1-27-26-8-7-24-5-6-25-11-12-3-2-4-13(9-12)21-17(23)15-16(19)20-10-14(18)22-15/h2-4,9-10H,5-8,11H2,1H3,(H2,19,20)(H,21,23). The minimum atomic E-state index is -0.430. The molecule has 0 unspecified atom stereocenters. The molecular weight excluding hydrogens is 436 g/mol. The Balaban J connectivity index is 1.79. The van der Waals surface area contributed by atoms with Gasteiger partial charge in [0.25, 0.3) is 5.91 Å². The molecule has 0 aliphatic carbocycles. The summed E-state index contributed by atoms with van der Waals surface area (Å²) in [6.45, 7) is 2.46. The van der Waals surface area contributed by atoms with Crippen molar-refractivity contribution in [2.24, 2.45) is 0 Å². The lowest BCUT2D eigenvalue weighted by molar-refractivity contribution is 0.0324. The first-order chi connectivity index (χ1) is 13.1. The van der Waals surface area contributed by atoms with Crippen molar-refractivity contribution in [2.45, 2.75) is 6.61 Å². The van der Waals surface area contributed by atoms with Gasteiger partial charge in [0.2, 0.25) is 0 Å². The highest BCUT2D eigenvalue weighted by molar-refractivity contribution is 9.10. The van der Waals surface area contributed by atoms with Crippen molar-refractivity contribution in [3.05, 3.63) is 46.3 Å². The number of benzene rings is 1. The molecule has 0 saturated heterocycles. The number of anilines is 2. The summed E-state index contributed by atoms with van der Waals surface area (Å²) in [4.78, 5) is 20.3. The molecule has 0 bridgehead atoms. The van der Waals surface area contributed by atoms with Gasteiger partial charge in [0, 0.05) is 11.9 Å². The molecule has 1 heterocycles. The van der Waals surface area contributed by atoms with Gasteiger partial charge < -0.3 is 24.7 Å². The summed E-state index contributed by atoms with van der Waals surface area (Å²) in [5.41, 5.74) is 7.32. The zero-order valence-electron chi connectivity index (χ0n) is 14.8. The molecule has 0 radical (unpaired) electrons. The summed E-state index contributed by atoms with van der Waals surface area (Å²) in [6, 6.07) is 7.35. The monoisotopic (exact) mass is 456 g/mol. The van der Waals surface area contributed by atoms with E-state index in [9.17, 15) is 4.79 Å². The van der Waals surface area contributed by atoms with E-state index in [2.05, 4.69) is 31.2 Å². The Bertz CT molecular complexity index is 751. The van der Waals surface area contributed by atoms with Crippen molar-refractivity contribution in [1.29, 1.82) is 0 Å². The maximum Gasteiger partial charge on any atom is 0.278 e. The van der Waals surface area contributed by atoms with Gasteiger partial charge in [0.15, 0.2) is 11.5 Å². The molecule has 2 aromatic rings. The van der Waals surface area contributed by atoms with Crippen molar-refractivity contribution in [3.8, 4) is 0 Å². The van der Waals surface area contributed by atoms with Gasteiger partial charge >= 0.3 is 0 Å². The number of nitrogens with one attached hydrogen (secondary N) is 1. The summed E-state index contributed by atoms with van der Waals surface area (Å²) >= 11 is 4.49. The third-order valence-corrected chi connectivity index (χ3v) is 4.03. The van der Waals surface area contributed by atoms with Crippen molar-refractivity contribution < 1.29 is 18.5 Å². The Morgan fingerprint density at radius 2 is 2.04 bits per heavy atom. The normalized spacial score (nSPS) is 10.7. The van der Waals surface area contributed by atoms with Gasteiger partial charge in [-0.25, -0.2) is 9.97 Å². The number of aromatic nitrogens is 2. The van der Waals surface area contributed by atoms with E-state index in [1.165, 1.54) is 18.2 Å². The van der Waals surface area contributed by atoms with Gasteiger partial charge in [-0.3, -0.25) is 4.79 Å². The topological polar surface area (TPSA) is 109 Å². The second-order valence-corrected chi connectivity index (χ2v) is 6.62. The van der Waals surface area contributed by atoms with E-state index in [1.807, 2.05) is 24.5 Å². The van der Waals surface area contributed by atoms with Crippen LogP contribution in [0.3, 0.4) is 0 Å². The number of amides is 1. The Labute approximate surface area is 170 Å². The van der Waals surface area contributed by atoms with Crippen LogP contribution in [0.5, 0.6) is 0 Å². The molecule has 146 valence electrons. The minimum Gasteiger partial charge on any atom is -0.382 e. The fraction of sp³-hybridized carbons (Fsp3) is 0.353. The summed E-state index contributed by atoms with van der Waals surface area (Å²) < 4.78 is 16.5. The number of hydrogen-bond donors (Lipinski definition) is 2. The summed E-state index contributed by atoms with van der Waals surface area (Å²) in [6.07, 6.45) is 3.30. The number of carbonyl (C=O) groups excluding carboxylic acids is 1. The van der Waals surface area contributed by atoms with E-state index in [4.69, 9.17) is 19.4 Å². The van der Waals surface area contributed by atoms with Crippen LogP contribution < -0.4 is 11.1 Å². The number of rotatable bonds is 11. The zero-order chi connectivity index (χ0) is 19.5. The molecule has 1 aromatic carbocycles. The highest BCUT2D eigenvalue weighted by atomic mass is 79.9. The van der Waals surface area contributed by atoms with Crippen molar-refractivity contribution in [2.75, 3.05) is 43.7 Å². The largest absolute Gasteiger partial charge is 0.382 e. The molecule has 1 amide bonds. The predicted octanol–water partition coefficient (Wildman–Crippen LogP) is 2.90. The summed E-state index contributed by atoms with van der Waals surface area (Å²) in [7, 11) is 0. The third-order valence-electron chi connectivity index (χ3n) is 3.24. The molecule has 3 N–H and O–H groups in total. The van der Waals surface area contributed by atoms with Crippen LogP contribution in [-0.2, 0) is 20.3 Å². The molecule has 0 fully saturated rings. The van der Waals surface area contributed by atoms with Gasteiger partial charge in [-0.1, -0.05) is 12.1 Å². The SMILES string of the molecule is CSOCCOCCOCc1cccc(NC(=O)c2nc(Br)cnc2N)c1. The Morgan fingerprint density at radius 3 is 2.85 bits per heavy atom. The first kappa shape index (κ1) is 21.6. The van der Waals surface area contributed by atoms with Gasteiger partial charge in [0.05, 0.1) is 39.2 Å². The van der Waals surface area contributed by atoms with Crippen LogP contribution in [0.2, 0.25) is 0 Å². The fourth-order valence-electron chi connectivity index (χ4n) is 2.06. The maximum absolute atomic E-state index is 12.3. The fourth-order valence-corrected chi connectivity index (χ4v) is 2.57. The van der Waals surface area contributed by atoms with E-state index in [0.717, 1.165) is 5.56 Å². The molecule has 0 aliphatic rings. The van der Waals surface area contributed by atoms with Gasteiger partial charge in [0.1, 0.15) is 4.60 Å². The Kier molecular flexibility index (Phi) is 9.50. The Hall–Kier alpha value is -1.72. The molecule has 0 saturated carbocycles. The van der Waals surface area contributed by atoms with Gasteiger partial charge in [-0.2, -0.15) is 0 Å². The average Bonchev–Trinajstić information content (AvgIpc) is 2.66. The summed E-state index contributed by atoms with van der Waals surface area (Å²) in [5, 5.41) is 2.76. The van der Waals surface area contributed by atoms with Crippen molar-refractivity contribution >= 4 is 45.4 Å². The van der Waals surface area contributed by atoms with Crippen molar-refractivity contribution in [1.82, 2.24) is 9.97 Å². The smallest absolute Gasteiger partial charge is 0.278 e. The van der Waals surface area contributed by atoms with Crippen LogP contribution in [-0.4, -0.2) is 48.6 Å². The number of ether oxygens (including phenoxy) is 2. The van der Waals surface area contributed by atoms with Crippen LogP contribution in [0.1, 0.15) is 16.1 Å². The zero-order valence-corrected chi connectivity index (χ0v) is 17.2. The van der Waals surface area contributed by atoms with E-state index >= 15 is 0 Å². The number of nitrogens with two attached hydrogens (primary N) is 1. The quantitative estimate of drug-likeness (QED) is 0.392. The van der Waals surface area contributed by atoms with E-state index in [-0.39, 0.29) is 11.5 Å². The molecule has 0 spiro atoms. The molecule has 27 heavy (non-hydrogen) atoms. The molecule has 10 heteroatoms. The Morgan fingerprint density at radius 1 is 1.26 bits per heavy atom. The van der Waals surface area contributed by atoms with Crippen LogP contribution >= 0.6 is 28.0 Å². The van der Waals surface area contributed by atoms with Crippen LogP contribution in [0.25, 0.3) is 0 Å². The first-order valence-electron chi connectivity index (χ1n) is 8.09.